The summed E-state index contributed by atoms with van der Waals surface area (Å²) < 4.78 is 20.4. The van der Waals surface area contributed by atoms with Gasteiger partial charge in [0.1, 0.15) is 18.2 Å². The molecule has 0 aliphatic carbocycles. The summed E-state index contributed by atoms with van der Waals surface area (Å²) in [4.78, 5) is 0. The summed E-state index contributed by atoms with van der Waals surface area (Å²) in [7, 11) is 0. The van der Waals surface area contributed by atoms with Crippen molar-refractivity contribution >= 4 is 43.5 Å². The number of rotatable bonds is 4. The highest BCUT2D eigenvalue weighted by atomic mass is 79.9. The molecule has 20 heavy (non-hydrogen) atoms. The van der Waals surface area contributed by atoms with Crippen LogP contribution in [0.25, 0.3) is 0 Å². The van der Waals surface area contributed by atoms with E-state index in [2.05, 4.69) is 31.9 Å². The molecule has 0 saturated heterocycles. The van der Waals surface area contributed by atoms with Gasteiger partial charge >= 0.3 is 0 Å². The predicted octanol–water partition coefficient (Wildman–Crippen LogP) is 6.02. The van der Waals surface area contributed by atoms with Gasteiger partial charge in [0.25, 0.3) is 0 Å². The topological polar surface area (TPSA) is 9.23 Å². The van der Waals surface area contributed by atoms with Gasteiger partial charge in [0.2, 0.25) is 0 Å². The van der Waals surface area contributed by atoms with Crippen molar-refractivity contribution in [1.29, 1.82) is 0 Å². The highest BCUT2D eigenvalue weighted by molar-refractivity contribution is 9.10. The molecule has 0 unspecified atom stereocenters. The first-order valence-corrected chi connectivity index (χ1v) is 8.22. The lowest BCUT2D eigenvalue weighted by Crippen LogP contribution is -2.02. The first kappa shape index (κ1) is 15.8. The van der Waals surface area contributed by atoms with Crippen LogP contribution in [0.15, 0.2) is 34.8 Å². The highest BCUT2D eigenvalue weighted by Crippen LogP contribution is 2.30. The van der Waals surface area contributed by atoms with Crippen LogP contribution >= 0.6 is 43.5 Å². The normalized spacial score (nSPS) is 10.7. The van der Waals surface area contributed by atoms with E-state index in [4.69, 9.17) is 16.3 Å². The number of hydrogen-bond donors (Lipinski definition) is 0. The maximum absolute atomic E-state index is 13.7. The van der Waals surface area contributed by atoms with Crippen molar-refractivity contribution in [2.45, 2.75) is 18.9 Å². The fourth-order valence-electron chi connectivity index (χ4n) is 1.91. The summed E-state index contributed by atoms with van der Waals surface area (Å²) in [6.07, 6.45) is 0. The number of alkyl halides is 1. The Hall–Kier alpha value is -0.580. The van der Waals surface area contributed by atoms with Crippen LogP contribution in [0.2, 0.25) is 5.02 Å². The van der Waals surface area contributed by atoms with Gasteiger partial charge < -0.3 is 4.74 Å². The second-order valence-electron chi connectivity index (χ2n) is 4.37. The Kier molecular flexibility index (Phi) is 5.47. The third kappa shape index (κ3) is 3.74. The van der Waals surface area contributed by atoms with Crippen molar-refractivity contribution in [2.75, 3.05) is 0 Å². The van der Waals surface area contributed by atoms with Crippen LogP contribution in [-0.2, 0) is 11.9 Å². The van der Waals surface area contributed by atoms with Crippen molar-refractivity contribution in [2.24, 2.45) is 0 Å². The zero-order valence-electron chi connectivity index (χ0n) is 10.7. The molecule has 106 valence electrons. The van der Waals surface area contributed by atoms with E-state index < -0.39 is 0 Å². The molecule has 0 amide bonds. The standard InChI is InChI=1S/C15H12Br2ClFO/c1-9-4-12(17)5-10(7-16)15(9)20-8-11-6-13(18)2-3-14(11)19/h2-6H,7-8H2,1H3. The zero-order chi connectivity index (χ0) is 14.7. The molecular formula is C15H12Br2ClFO. The van der Waals surface area contributed by atoms with E-state index in [9.17, 15) is 4.39 Å². The lowest BCUT2D eigenvalue weighted by molar-refractivity contribution is 0.295. The Morgan fingerprint density at radius 2 is 1.95 bits per heavy atom. The fraction of sp³-hybridized carbons (Fsp3) is 0.200. The minimum atomic E-state index is -0.315. The average Bonchev–Trinajstić information content (AvgIpc) is 2.40. The molecule has 0 aliphatic heterocycles. The summed E-state index contributed by atoms with van der Waals surface area (Å²) in [6.45, 7) is 2.11. The Morgan fingerprint density at radius 3 is 2.65 bits per heavy atom. The Bertz CT molecular complexity index is 632. The Morgan fingerprint density at radius 1 is 1.20 bits per heavy atom. The quantitative estimate of drug-likeness (QED) is 0.547. The summed E-state index contributed by atoms with van der Waals surface area (Å²) >= 11 is 12.8. The number of benzene rings is 2. The van der Waals surface area contributed by atoms with Crippen LogP contribution in [-0.4, -0.2) is 0 Å². The number of aryl methyl sites for hydroxylation is 1. The molecule has 0 fully saturated rings. The van der Waals surface area contributed by atoms with Gasteiger partial charge in [-0.2, -0.15) is 0 Å². The molecule has 0 saturated carbocycles. The van der Waals surface area contributed by atoms with E-state index in [1.54, 1.807) is 6.07 Å². The number of hydrogen-bond acceptors (Lipinski definition) is 1. The highest BCUT2D eigenvalue weighted by Gasteiger charge is 2.10. The van der Waals surface area contributed by atoms with Gasteiger partial charge in [-0.1, -0.05) is 43.5 Å². The Labute approximate surface area is 139 Å². The van der Waals surface area contributed by atoms with Crippen molar-refractivity contribution in [3.63, 3.8) is 0 Å². The van der Waals surface area contributed by atoms with Crippen LogP contribution in [0, 0.1) is 12.7 Å². The monoisotopic (exact) mass is 420 g/mol. The van der Waals surface area contributed by atoms with E-state index >= 15 is 0 Å². The zero-order valence-corrected chi connectivity index (χ0v) is 14.6. The minimum absolute atomic E-state index is 0.148. The van der Waals surface area contributed by atoms with Gasteiger partial charge in [0.15, 0.2) is 0 Å². The number of halogens is 4. The molecule has 0 N–H and O–H groups in total. The van der Waals surface area contributed by atoms with Crippen LogP contribution in [0.5, 0.6) is 5.75 Å². The Balaban J connectivity index is 2.25. The summed E-state index contributed by atoms with van der Waals surface area (Å²) in [5.41, 5.74) is 2.45. The summed E-state index contributed by atoms with van der Waals surface area (Å²) in [6, 6.07) is 8.40. The van der Waals surface area contributed by atoms with Crippen LogP contribution < -0.4 is 4.74 Å². The third-order valence-corrected chi connectivity index (χ3v) is 4.14. The molecule has 0 bridgehead atoms. The van der Waals surface area contributed by atoms with Crippen molar-refractivity contribution in [3.05, 3.63) is 62.3 Å². The summed E-state index contributed by atoms with van der Waals surface area (Å²) in [5.74, 6) is 0.453. The average molecular weight is 423 g/mol. The molecule has 2 aromatic carbocycles. The lowest BCUT2D eigenvalue weighted by Gasteiger charge is -2.14. The van der Waals surface area contributed by atoms with Crippen LogP contribution in [0.1, 0.15) is 16.7 Å². The first-order valence-electron chi connectivity index (χ1n) is 5.93. The van der Waals surface area contributed by atoms with Crippen LogP contribution in [0.4, 0.5) is 4.39 Å². The second kappa shape index (κ2) is 6.92. The van der Waals surface area contributed by atoms with Gasteiger partial charge in [-0.3, -0.25) is 0 Å². The van der Waals surface area contributed by atoms with E-state index in [0.29, 0.717) is 15.9 Å². The molecule has 0 aliphatic rings. The molecule has 0 atom stereocenters. The van der Waals surface area contributed by atoms with Crippen molar-refractivity contribution in [1.82, 2.24) is 0 Å². The van der Waals surface area contributed by atoms with Crippen molar-refractivity contribution < 1.29 is 9.13 Å². The SMILES string of the molecule is Cc1cc(Br)cc(CBr)c1OCc1cc(Cl)ccc1F. The molecule has 2 rings (SSSR count). The molecule has 2 aromatic rings. The molecule has 0 radical (unpaired) electrons. The van der Waals surface area contributed by atoms with Gasteiger partial charge in [-0.05, 0) is 42.8 Å². The minimum Gasteiger partial charge on any atom is -0.488 e. The second-order valence-corrected chi connectivity index (χ2v) is 6.28. The number of ether oxygens (including phenoxy) is 1. The van der Waals surface area contributed by atoms with E-state index in [-0.39, 0.29) is 12.4 Å². The predicted molar refractivity (Wildman–Crippen MR) is 87.3 cm³/mol. The van der Waals surface area contributed by atoms with Crippen molar-refractivity contribution in [3.8, 4) is 5.75 Å². The molecule has 1 nitrogen and oxygen atoms in total. The lowest BCUT2D eigenvalue weighted by atomic mass is 10.1. The first-order chi connectivity index (χ1) is 9.51. The van der Waals surface area contributed by atoms with E-state index in [1.807, 2.05) is 19.1 Å². The van der Waals surface area contributed by atoms with Gasteiger partial charge in [0.05, 0.1) is 0 Å². The van der Waals surface area contributed by atoms with Crippen LogP contribution in [0.3, 0.4) is 0 Å². The maximum atomic E-state index is 13.7. The third-order valence-electron chi connectivity index (χ3n) is 2.84. The van der Waals surface area contributed by atoms with Gasteiger partial charge in [-0.15, -0.1) is 0 Å². The smallest absolute Gasteiger partial charge is 0.129 e. The molecule has 0 heterocycles. The van der Waals surface area contributed by atoms with Gasteiger partial charge in [-0.25, -0.2) is 4.39 Å². The van der Waals surface area contributed by atoms with Gasteiger partial charge in [0, 0.05) is 26.0 Å². The van der Waals surface area contributed by atoms with E-state index in [0.717, 1.165) is 21.3 Å². The molecular weight excluding hydrogens is 410 g/mol. The molecule has 0 spiro atoms. The summed E-state index contributed by atoms with van der Waals surface area (Å²) in [5, 5.41) is 1.17. The maximum Gasteiger partial charge on any atom is 0.129 e. The molecule has 0 aromatic heterocycles. The fourth-order valence-corrected chi connectivity index (χ4v) is 3.14. The molecule has 5 heteroatoms. The van der Waals surface area contributed by atoms with E-state index in [1.165, 1.54) is 12.1 Å². The largest absolute Gasteiger partial charge is 0.488 e.